The quantitative estimate of drug-likeness (QED) is 0.687. The summed E-state index contributed by atoms with van der Waals surface area (Å²) in [6.07, 6.45) is 3.88. The molecule has 2 unspecified atom stereocenters. The molecule has 1 N–H and O–H groups in total. The molecule has 0 aliphatic heterocycles. The maximum Gasteiger partial charge on any atom is 0.00894 e. The Morgan fingerprint density at radius 1 is 1.15 bits per heavy atom. The van der Waals surface area contributed by atoms with Crippen LogP contribution in [0.1, 0.15) is 61.3 Å². The van der Waals surface area contributed by atoms with Crippen LogP contribution < -0.4 is 5.32 Å². The fourth-order valence-corrected chi connectivity index (χ4v) is 1.31. The molecule has 2 atom stereocenters. The standard InChI is InChI=1S/C9H21N.C2H6.CH4/c1-5-7-9(10-4)8(3)6-2;1-2;/h8-10H,5-7H2,1-4H3;1-2H3;1H4. The van der Waals surface area contributed by atoms with Crippen LogP contribution in [0.2, 0.25) is 0 Å². The molecule has 0 rings (SSSR count). The maximum absolute atomic E-state index is 3.35. The minimum absolute atomic E-state index is 0. The SMILES string of the molecule is C.CC.CCCC(NC)C(C)CC. The maximum atomic E-state index is 3.35. The van der Waals surface area contributed by atoms with E-state index < -0.39 is 0 Å². The molecule has 1 heteroatoms. The molecule has 0 saturated heterocycles. The van der Waals surface area contributed by atoms with Crippen molar-refractivity contribution in [3.63, 3.8) is 0 Å². The van der Waals surface area contributed by atoms with Crippen molar-refractivity contribution in [3.05, 3.63) is 0 Å². The third kappa shape index (κ3) is 9.88. The number of rotatable bonds is 5. The van der Waals surface area contributed by atoms with Gasteiger partial charge in [-0.05, 0) is 19.4 Å². The third-order valence-corrected chi connectivity index (χ3v) is 2.30. The summed E-state index contributed by atoms with van der Waals surface area (Å²) in [6, 6.07) is 0.731. The van der Waals surface area contributed by atoms with Gasteiger partial charge in [-0.2, -0.15) is 0 Å². The average molecular weight is 189 g/mol. The fourth-order valence-electron chi connectivity index (χ4n) is 1.31. The summed E-state index contributed by atoms with van der Waals surface area (Å²) >= 11 is 0. The fraction of sp³-hybridized carbons (Fsp3) is 1.00. The van der Waals surface area contributed by atoms with Crippen LogP contribution in [0.25, 0.3) is 0 Å². The first-order valence-corrected chi connectivity index (χ1v) is 5.43. The van der Waals surface area contributed by atoms with Crippen molar-refractivity contribution < 1.29 is 0 Å². The molecule has 0 aliphatic rings. The lowest BCUT2D eigenvalue weighted by molar-refractivity contribution is 0.366. The molecular weight excluding hydrogens is 158 g/mol. The minimum Gasteiger partial charge on any atom is -0.317 e. The van der Waals surface area contributed by atoms with Crippen LogP contribution in [-0.2, 0) is 0 Å². The summed E-state index contributed by atoms with van der Waals surface area (Å²) in [4.78, 5) is 0. The summed E-state index contributed by atoms with van der Waals surface area (Å²) in [6.45, 7) is 10.8. The highest BCUT2D eigenvalue weighted by Crippen LogP contribution is 2.11. The highest BCUT2D eigenvalue weighted by atomic mass is 14.9. The van der Waals surface area contributed by atoms with Crippen LogP contribution in [0.5, 0.6) is 0 Å². The molecule has 0 aromatic rings. The molecule has 1 nitrogen and oxygen atoms in total. The summed E-state index contributed by atoms with van der Waals surface area (Å²) in [5.74, 6) is 0.824. The molecular formula is C12H31N. The molecule has 0 bridgehead atoms. The monoisotopic (exact) mass is 189 g/mol. The lowest BCUT2D eigenvalue weighted by Crippen LogP contribution is -2.31. The Balaban J connectivity index is -0.000000309. The topological polar surface area (TPSA) is 12.0 Å². The zero-order valence-electron chi connectivity index (χ0n) is 9.78. The second-order valence-electron chi connectivity index (χ2n) is 3.07. The Kier molecular flexibility index (Phi) is 20.8. The van der Waals surface area contributed by atoms with Crippen LogP contribution in [0.4, 0.5) is 0 Å². The molecule has 0 aromatic heterocycles. The molecule has 84 valence electrons. The molecule has 0 radical (unpaired) electrons. The Labute approximate surface area is 86.3 Å². The van der Waals surface area contributed by atoms with Crippen molar-refractivity contribution in [1.82, 2.24) is 5.32 Å². The van der Waals surface area contributed by atoms with Crippen molar-refractivity contribution in [1.29, 1.82) is 0 Å². The van der Waals surface area contributed by atoms with E-state index in [0.29, 0.717) is 0 Å². The van der Waals surface area contributed by atoms with Crippen molar-refractivity contribution in [3.8, 4) is 0 Å². The van der Waals surface area contributed by atoms with Gasteiger partial charge >= 0.3 is 0 Å². The lowest BCUT2D eigenvalue weighted by Gasteiger charge is -2.21. The first-order valence-electron chi connectivity index (χ1n) is 5.43. The first-order chi connectivity index (χ1) is 5.76. The van der Waals surface area contributed by atoms with E-state index in [9.17, 15) is 0 Å². The second-order valence-corrected chi connectivity index (χ2v) is 3.07. The van der Waals surface area contributed by atoms with Gasteiger partial charge in [0.2, 0.25) is 0 Å². The van der Waals surface area contributed by atoms with Gasteiger partial charge in [0.1, 0.15) is 0 Å². The Hall–Kier alpha value is -0.0400. The van der Waals surface area contributed by atoms with Gasteiger partial charge in [0.25, 0.3) is 0 Å². The van der Waals surface area contributed by atoms with Gasteiger partial charge in [0.15, 0.2) is 0 Å². The van der Waals surface area contributed by atoms with Crippen LogP contribution in [0.3, 0.4) is 0 Å². The van der Waals surface area contributed by atoms with Crippen LogP contribution in [0, 0.1) is 5.92 Å². The normalized spacial score (nSPS) is 13.4. The van der Waals surface area contributed by atoms with Crippen LogP contribution in [-0.4, -0.2) is 13.1 Å². The lowest BCUT2D eigenvalue weighted by atomic mass is 9.96. The van der Waals surface area contributed by atoms with Gasteiger partial charge < -0.3 is 5.32 Å². The van der Waals surface area contributed by atoms with E-state index >= 15 is 0 Å². The molecule has 0 spiro atoms. The Bertz CT molecular complexity index is 71.5. The molecule has 0 amide bonds. The highest BCUT2D eigenvalue weighted by Gasteiger charge is 2.10. The highest BCUT2D eigenvalue weighted by molar-refractivity contribution is 4.69. The van der Waals surface area contributed by atoms with E-state index in [1.165, 1.54) is 19.3 Å². The summed E-state index contributed by atoms with van der Waals surface area (Å²) < 4.78 is 0. The first kappa shape index (κ1) is 18.7. The van der Waals surface area contributed by atoms with E-state index in [4.69, 9.17) is 0 Å². The van der Waals surface area contributed by atoms with Gasteiger partial charge in [-0.3, -0.25) is 0 Å². The molecule has 0 saturated carbocycles. The average Bonchev–Trinajstić information content (AvgIpc) is 2.16. The predicted molar refractivity (Wildman–Crippen MR) is 65.3 cm³/mol. The van der Waals surface area contributed by atoms with Crippen molar-refractivity contribution in [2.75, 3.05) is 7.05 Å². The van der Waals surface area contributed by atoms with Gasteiger partial charge in [-0.15, -0.1) is 0 Å². The number of hydrogen-bond donors (Lipinski definition) is 1. The van der Waals surface area contributed by atoms with Gasteiger partial charge in [0, 0.05) is 6.04 Å². The summed E-state index contributed by atoms with van der Waals surface area (Å²) in [5.41, 5.74) is 0. The van der Waals surface area contributed by atoms with Crippen molar-refractivity contribution in [2.45, 2.75) is 67.3 Å². The molecule has 0 aromatic carbocycles. The summed E-state index contributed by atoms with van der Waals surface area (Å²) in [5, 5.41) is 3.35. The van der Waals surface area contributed by atoms with Gasteiger partial charge in [-0.25, -0.2) is 0 Å². The Morgan fingerprint density at radius 3 is 1.85 bits per heavy atom. The van der Waals surface area contributed by atoms with Gasteiger partial charge in [-0.1, -0.05) is 54.9 Å². The van der Waals surface area contributed by atoms with Gasteiger partial charge in [0.05, 0.1) is 0 Å². The van der Waals surface area contributed by atoms with E-state index in [1.54, 1.807) is 0 Å². The van der Waals surface area contributed by atoms with E-state index in [0.717, 1.165) is 12.0 Å². The molecule has 0 aliphatic carbocycles. The van der Waals surface area contributed by atoms with Crippen molar-refractivity contribution >= 4 is 0 Å². The second kappa shape index (κ2) is 14.5. The molecule has 0 fully saturated rings. The van der Waals surface area contributed by atoms with Crippen LogP contribution >= 0.6 is 0 Å². The predicted octanol–water partition coefficient (Wildman–Crippen LogP) is 4.08. The zero-order chi connectivity index (χ0) is 9.98. The summed E-state index contributed by atoms with van der Waals surface area (Å²) in [7, 11) is 2.06. The Morgan fingerprint density at radius 2 is 1.62 bits per heavy atom. The van der Waals surface area contributed by atoms with E-state index in [2.05, 4.69) is 33.1 Å². The minimum atomic E-state index is 0. The van der Waals surface area contributed by atoms with Crippen LogP contribution in [0.15, 0.2) is 0 Å². The largest absolute Gasteiger partial charge is 0.317 e. The van der Waals surface area contributed by atoms with E-state index in [1.807, 2.05) is 13.8 Å². The third-order valence-electron chi connectivity index (χ3n) is 2.30. The number of nitrogens with one attached hydrogen (secondary N) is 1. The molecule has 0 heterocycles. The zero-order valence-corrected chi connectivity index (χ0v) is 9.78. The smallest absolute Gasteiger partial charge is 0.00894 e. The van der Waals surface area contributed by atoms with E-state index in [-0.39, 0.29) is 7.43 Å². The number of hydrogen-bond acceptors (Lipinski definition) is 1. The van der Waals surface area contributed by atoms with Crippen molar-refractivity contribution in [2.24, 2.45) is 5.92 Å². The molecule has 13 heavy (non-hydrogen) atoms.